The van der Waals surface area contributed by atoms with Gasteiger partial charge in [-0.3, -0.25) is 9.59 Å². The maximum atomic E-state index is 11.8. The van der Waals surface area contributed by atoms with E-state index in [2.05, 4.69) is 0 Å². The second-order valence-corrected chi connectivity index (χ2v) is 6.00. The Morgan fingerprint density at radius 1 is 1.10 bits per heavy atom. The average molecular weight is 276 g/mol. The number of carbonyl (C=O) groups is 2. The van der Waals surface area contributed by atoms with Crippen LogP contribution in [-0.4, -0.2) is 18.2 Å². The van der Waals surface area contributed by atoms with Gasteiger partial charge in [0.15, 0.2) is 5.78 Å². The molecule has 1 rings (SSSR count). The van der Waals surface area contributed by atoms with Gasteiger partial charge in [-0.15, -0.1) is 0 Å². The first kappa shape index (κ1) is 16.4. The Morgan fingerprint density at radius 3 is 2.20 bits per heavy atom. The summed E-state index contributed by atoms with van der Waals surface area (Å²) in [5, 5.41) is 0. The van der Waals surface area contributed by atoms with Crippen molar-refractivity contribution in [1.82, 2.24) is 0 Å². The predicted molar refractivity (Wildman–Crippen MR) is 80.0 cm³/mol. The van der Waals surface area contributed by atoms with Gasteiger partial charge >= 0.3 is 0 Å². The van der Waals surface area contributed by atoms with Crippen LogP contribution in [0.5, 0.6) is 5.75 Å². The lowest BCUT2D eigenvalue weighted by atomic mass is 9.91. The van der Waals surface area contributed by atoms with Gasteiger partial charge in [0.1, 0.15) is 18.1 Å². The Kier molecular flexibility index (Phi) is 5.93. The van der Waals surface area contributed by atoms with E-state index in [9.17, 15) is 9.59 Å². The van der Waals surface area contributed by atoms with Crippen LogP contribution in [0.25, 0.3) is 0 Å². The van der Waals surface area contributed by atoms with Gasteiger partial charge in [0, 0.05) is 18.3 Å². The molecule has 0 fully saturated rings. The molecule has 3 nitrogen and oxygen atoms in total. The quantitative estimate of drug-likeness (QED) is 0.764. The van der Waals surface area contributed by atoms with Gasteiger partial charge in [0.2, 0.25) is 0 Å². The number of benzene rings is 1. The first-order chi connectivity index (χ1) is 9.32. The minimum absolute atomic E-state index is 0.0788. The summed E-state index contributed by atoms with van der Waals surface area (Å²) < 4.78 is 5.48. The molecular formula is C17H24O3. The van der Waals surface area contributed by atoms with E-state index >= 15 is 0 Å². The standard InChI is InChI=1S/C17H24O3/c1-5-14(18)9-6-13-7-10-15(11-8-13)20-12-16(19)17(2,3)4/h7-8,10-11H,5-6,9,12H2,1-4H3. The van der Waals surface area contributed by atoms with Crippen molar-refractivity contribution >= 4 is 11.6 Å². The maximum Gasteiger partial charge on any atom is 0.175 e. The van der Waals surface area contributed by atoms with Crippen molar-refractivity contribution in [2.45, 2.75) is 47.0 Å². The summed E-state index contributed by atoms with van der Waals surface area (Å²) in [6, 6.07) is 7.59. The van der Waals surface area contributed by atoms with Crippen LogP contribution in [0.3, 0.4) is 0 Å². The fourth-order valence-corrected chi connectivity index (χ4v) is 1.58. The molecule has 0 aliphatic rings. The van der Waals surface area contributed by atoms with Crippen molar-refractivity contribution < 1.29 is 14.3 Å². The zero-order chi connectivity index (χ0) is 15.2. The summed E-state index contributed by atoms with van der Waals surface area (Å²) in [5.41, 5.74) is 0.738. The first-order valence-electron chi connectivity index (χ1n) is 7.09. The number of rotatable bonds is 7. The van der Waals surface area contributed by atoms with Gasteiger partial charge in [-0.2, -0.15) is 0 Å². The Morgan fingerprint density at radius 2 is 1.70 bits per heavy atom. The van der Waals surface area contributed by atoms with Crippen molar-refractivity contribution in [1.29, 1.82) is 0 Å². The zero-order valence-electron chi connectivity index (χ0n) is 12.9. The minimum atomic E-state index is -0.375. The zero-order valence-corrected chi connectivity index (χ0v) is 12.9. The average Bonchev–Trinajstić information content (AvgIpc) is 2.42. The Labute approximate surface area is 121 Å². The van der Waals surface area contributed by atoms with Crippen LogP contribution >= 0.6 is 0 Å². The second kappa shape index (κ2) is 7.22. The van der Waals surface area contributed by atoms with Crippen LogP contribution in [-0.2, 0) is 16.0 Å². The van der Waals surface area contributed by atoms with E-state index in [0.29, 0.717) is 18.6 Å². The molecule has 0 radical (unpaired) electrons. The number of carbonyl (C=O) groups excluding carboxylic acids is 2. The summed E-state index contributed by atoms with van der Waals surface area (Å²) >= 11 is 0. The molecule has 0 N–H and O–H groups in total. The van der Waals surface area contributed by atoms with Gasteiger partial charge in [0.25, 0.3) is 0 Å². The topological polar surface area (TPSA) is 43.4 Å². The van der Waals surface area contributed by atoms with Crippen molar-refractivity contribution in [3.8, 4) is 5.75 Å². The largest absolute Gasteiger partial charge is 0.486 e. The maximum absolute atomic E-state index is 11.8. The molecule has 0 amide bonds. The van der Waals surface area contributed by atoms with Crippen LogP contribution in [0.15, 0.2) is 24.3 Å². The SMILES string of the molecule is CCC(=O)CCc1ccc(OCC(=O)C(C)(C)C)cc1. The normalized spacial score (nSPS) is 11.2. The van der Waals surface area contributed by atoms with E-state index in [0.717, 1.165) is 12.0 Å². The lowest BCUT2D eigenvalue weighted by Crippen LogP contribution is -2.26. The molecule has 1 aromatic carbocycles. The third-order valence-corrected chi connectivity index (χ3v) is 3.22. The van der Waals surface area contributed by atoms with Crippen molar-refractivity contribution in [2.75, 3.05) is 6.61 Å². The molecule has 0 saturated heterocycles. The lowest BCUT2D eigenvalue weighted by Gasteiger charge is -2.16. The highest BCUT2D eigenvalue weighted by Crippen LogP contribution is 2.17. The number of Topliss-reactive ketones (excluding diaryl/α,β-unsaturated/α-hetero) is 2. The van der Waals surface area contributed by atoms with Gasteiger partial charge in [-0.25, -0.2) is 0 Å². The van der Waals surface area contributed by atoms with Crippen molar-refractivity contribution in [3.63, 3.8) is 0 Å². The highest BCUT2D eigenvalue weighted by Gasteiger charge is 2.21. The van der Waals surface area contributed by atoms with Crippen LogP contribution < -0.4 is 4.74 Å². The van der Waals surface area contributed by atoms with Gasteiger partial charge < -0.3 is 4.74 Å². The van der Waals surface area contributed by atoms with E-state index in [4.69, 9.17) is 4.74 Å². The molecule has 0 atom stereocenters. The second-order valence-electron chi connectivity index (χ2n) is 6.00. The van der Waals surface area contributed by atoms with Crippen LogP contribution in [0.1, 0.15) is 46.1 Å². The molecule has 20 heavy (non-hydrogen) atoms. The minimum Gasteiger partial charge on any atom is -0.486 e. The number of hydrogen-bond acceptors (Lipinski definition) is 3. The highest BCUT2D eigenvalue weighted by atomic mass is 16.5. The molecule has 0 unspecified atom stereocenters. The number of ketones is 2. The number of hydrogen-bond donors (Lipinski definition) is 0. The fraction of sp³-hybridized carbons (Fsp3) is 0.529. The molecule has 0 aliphatic carbocycles. The van der Waals surface area contributed by atoms with Gasteiger partial charge in [-0.05, 0) is 24.1 Å². The summed E-state index contributed by atoms with van der Waals surface area (Å²) in [4.78, 5) is 23.0. The summed E-state index contributed by atoms with van der Waals surface area (Å²) in [5.74, 6) is 1.05. The van der Waals surface area contributed by atoms with E-state index < -0.39 is 0 Å². The van der Waals surface area contributed by atoms with E-state index in [-0.39, 0.29) is 23.6 Å². The van der Waals surface area contributed by atoms with E-state index in [1.54, 1.807) is 0 Å². The molecule has 0 aliphatic heterocycles. The van der Waals surface area contributed by atoms with Crippen LogP contribution in [0, 0.1) is 5.41 Å². The monoisotopic (exact) mass is 276 g/mol. The highest BCUT2D eigenvalue weighted by molar-refractivity contribution is 5.85. The molecule has 0 aromatic heterocycles. The van der Waals surface area contributed by atoms with E-state index in [1.165, 1.54) is 0 Å². The molecular weight excluding hydrogens is 252 g/mol. The number of ether oxygens (including phenoxy) is 1. The summed E-state index contributed by atoms with van der Waals surface area (Å²) in [7, 11) is 0. The molecule has 1 aromatic rings. The Balaban J connectivity index is 2.47. The number of aryl methyl sites for hydroxylation is 1. The molecule has 0 spiro atoms. The van der Waals surface area contributed by atoms with Crippen LogP contribution in [0.2, 0.25) is 0 Å². The molecule has 3 heteroatoms. The van der Waals surface area contributed by atoms with Crippen molar-refractivity contribution in [3.05, 3.63) is 29.8 Å². The van der Waals surface area contributed by atoms with E-state index in [1.807, 2.05) is 52.0 Å². The third-order valence-electron chi connectivity index (χ3n) is 3.22. The fourth-order valence-electron chi connectivity index (χ4n) is 1.58. The van der Waals surface area contributed by atoms with Crippen molar-refractivity contribution in [2.24, 2.45) is 5.41 Å². The smallest absolute Gasteiger partial charge is 0.175 e. The summed E-state index contributed by atoms with van der Waals surface area (Å²) in [6.45, 7) is 7.62. The van der Waals surface area contributed by atoms with Gasteiger partial charge in [0.05, 0.1) is 0 Å². The summed E-state index contributed by atoms with van der Waals surface area (Å²) in [6.07, 6.45) is 1.93. The van der Waals surface area contributed by atoms with Crippen LogP contribution in [0.4, 0.5) is 0 Å². The van der Waals surface area contributed by atoms with Gasteiger partial charge in [-0.1, -0.05) is 39.8 Å². The lowest BCUT2D eigenvalue weighted by molar-refractivity contribution is -0.128. The molecule has 0 heterocycles. The molecule has 0 bridgehead atoms. The molecule has 0 saturated carbocycles. The Bertz CT molecular complexity index is 452. The first-order valence-corrected chi connectivity index (χ1v) is 7.09. The Hall–Kier alpha value is -1.64. The predicted octanol–water partition coefficient (Wildman–Crippen LogP) is 3.59. The molecule has 110 valence electrons. The third kappa shape index (κ3) is 5.55.